The summed E-state index contributed by atoms with van der Waals surface area (Å²) in [5, 5.41) is 0. The molecule has 1 aliphatic rings. The molecule has 0 N–H and O–H groups in total. The highest BCUT2D eigenvalue weighted by atomic mass is 32.2. The smallest absolute Gasteiger partial charge is 0.344 e. The summed E-state index contributed by atoms with van der Waals surface area (Å²) in [6.07, 6.45) is 1.86. The van der Waals surface area contributed by atoms with Crippen molar-refractivity contribution in [3.8, 4) is 5.75 Å². The molecule has 2 aromatic carbocycles. The Balaban J connectivity index is 1.67. The SMILES string of the molecule is CCOC(=O)COc1ccc(/C=C2\Sc3ccccc3C2=O)cc1. The summed E-state index contributed by atoms with van der Waals surface area (Å²) in [4.78, 5) is 25.3. The van der Waals surface area contributed by atoms with Crippen molar-refractivity contribution < 1.29 is 19.1 Å². The van der Waals surface area contributed by atoms with Crippen LogP contribution in [0.4, 0.5) is 0 Å². The van der Waals surface area contributed by atoms with Gasteiger partial charge in [0, 0.05) is 10.5 Å². The molecular formula is C19H16O4S. The summed E-state index contributed by atoms with van der Waals surface area (Å²) in [7, 11) is 0. The van der Waals surface area contributed by atoms with Crippen molar-refractivity contribution in [3.63, 3.8) is 0 Å². The minimum Gasteiger partial charge on any atom is -0.482 e. The predicted octanol–water partition coefficient (Wildman–Crippen LogP) is 3.96. The zero-order chi connectivity index (χ0) is 16.9. The van der Waals surface area contributed by atoms with E-state index in [1.165, 1.54) is 11.8 Å². The summed E-state index contributed by atoms with van der Waals surface area (Å²) in [6, 6.07) is 14.8. The van der Waals surface area contributed by atoms with Crippen LogP contribution in [-0.4, -0.2) is 25.0 Å². The van der Waals surface area contributed by atoms with E-state index in [9.17, 15) is 9.59 Å². The number of benzene rings is 2. The standard InChI is InChI=1S/C19H16O4S/c1-2-22-18(20)12-23-14-9-7-13(8-10-14)11-17-19(21)15-5-3-4-6-16(15)24-17/h3-11H,2,12H2,1H3/b17-11-. The van der Waals surface area contributed by atoms with E-state index in [4.69, 9.17) is 9.47 Å². The topological polar surface area (TPSA) is 52.6 Å². The first kappa shape index (κ1) is 16.3. The van der Waals surface area contributed by atoms with Gasteiger partial charge in [-0.25, -0.2) is 4.79 Å². The van der Waals surface area contributed by atoms with Crippen LogP contribution in [0.5, 0.6) is 5.75 Å². The quantitative estimate of drug-likeness (QED) is 0.609. The molecule has 0 aliphatic carbocycles. The van der Waals surface area contributed by atoms with Crippen LogP contribution in [-0.2, 0) is 9.53 Å². The Morgan fingerprint density at radius 1 is 1.12 bits per heavy atom. The van der Waals surface area contributed by atoms with E-state index >= 15 is 0 Å². The lowest BCUT2D eigenvalue weighted by Gasteiger charge is -2.06. The molecule has 0 bridgehead atoms. The van der Waals surface area contributed by atoms with Crippen LogP contribution in [0, 0.1) is 0 Å². The van der Waals surface area contributed by atoms with Crippen molar-refractivity contribution in [1.29, 1.82) is 0 Å². The number of ketones is 1. The van der Waals surface area contributed by atoms with E-state index in [1.807, 2.05) is 42.5 Å². The third-order valence-corrected chi connectivity index (χ3v) is 4.51. The van der Waals surface area contributed by atoms with Crippen molar-refractivity contribution in [1.82, 2.24) is 0 Å². The molecule has 0 aromatic heterocycles. The fourth-order valence-corrected chi connectivity index (χ4v) is 3.34. The van der Waals surface area contributed by atoms with Crippen LogP contribution >= 0.6 is 11.8 Å². The monoisotopic (exact) mass is 340 g/mol. The number of carbonyl (C=O) groups excluding carboxylic acids is 2. The maximum absolute atomic E-state index is 12.3. The minimum absolute atomic E-state index is 0.0539. The van der Waals surface area contributed by atoms with Crippen LogP contribution in [0.25, 0.3) is 6.08 Å². The zero-order valence-electron chi connectivity index (χ0n) is 13.2. The third kappa shape index (κ3) is 3.68. The number of fused-ring (bicyclic) bond motifs is 1. The predicted molar refractivity (Wildman–Crippen MR) is 93.2 cm³/mol. The molecule has 0 atom stereocenters. The van der Waals surface area contributed by atoms with Gasteiger partial charge in [-0.2, -0.15) is 0 Å². The molecule has 0 fully saturated rings. The molecule has 3 rings (SSSR count). The fourth-order valence-electron chi connectivity index (χ4n) is 2.29. The first-order valence-electron chi connectivity index (χ1n) is 7.59. The molecule has 0 amide bonds. The van der Waals surface area contributed by atoms with Gasteiger partial charge in [-0.05, 0) is 42.8 Å². The van der Waals surface area contributed by atoms with Gasteiger partial charge in [0.2, 0.25) is 5.78 Å². The van der Waals surface area contributed by atoms with Crippen molar-refractivity contribution >= 4 is 29.6 Å². The fraction of sp³-hybridized carbons (Fsp3) is 0.158. The molecule has 24 heavy (non-hydrogen) atoms. The van der Waals surface area contributed by atoms with E-state index in [-0.39, 0.29) is 12.4 Å². The lowest BCUT2D eigenvalue weighted by molar-refractivity contribution is -0.145. The van der Waals surface area contributed by atoms with Gasteiger partial charge in [0.1, 0.15) is 5.75 Å². The Hall–Kier alpha value is -2.53. The molecule has 1 aliphatic heterocycles. The van der Waals surface area contributed by atoms with Crippen molar-refractivity contribution in [2.45, 2.75) is 11.8 Å². The third-order valence-electron chi connectivity index (χ3n) is 3.42. The maximum atomic E-state index is 12.3. The molecule has 0 unspecified atom stereocenters. The normalized spacial score (nSPS) is 14.5. The Bertz CT molecular complexity index is 793. The van der Waals surface area contributed by atoms with Gasteiger partial charge >= 0.3 is 5.97 Å². The Kier molecular flexibility index (Phi) is 5.01. The molecular weight excluding hydrogens is 324 g/mol. The van der Waals surface area contributed by atoms with Crippen LogP contribution < -0.4 is 4.74 Å². The minimum atomic E-state index is -0.394. The zero-order valence-corrected chi connectivity index (χ0v) is 14.0. The van der Waals surface area contributed by atoms with Gasteiger partial charge in [0.15, 0.2) is 6.61 Å². The molecule has 1 heterocycles. The largest absolute Gasteiger partial charge is 0.482 e. The molecule has 0 saturated heterocycles. The first-order valence-corrected chi connectivity index (χ1v) is 8.41. The summed E-state index contributed by atoms with van der Waals surface area (Å²) in [5.74, 6) is 0.242. The molecule has 5 heteroatoms. The number of rotatable bonds is 5. The average molecular weight is 340 g/mol. The van der Waals surface area contributed by atoms with Gasteiger partial charge in [0.05, 0.1) is 11.5 Å². The average Bonchev–Trinajstić information content (AvgIpc) is 2.91. The molecule has 0 radical (unpaired) electrons. The van der Waals surface area contributed by atoms with Gasteiger partial charge in [-0.1, -0.05) is 36.0 Å². The molecule has 0 saturated carbocycles. The first-order chi connectivity index (χ1) is 11.7. The second kappa shape index (κ2) is 7.36. The van der Waals surface area contributed by atoms with Gasteiger partial charge < -0.3 is 9.47 Å². The number of thioether (sulfide) groups is 1. The number of carbonyl (C=O) groups is 2. The van der Waals surface area contributed by atoms with E-state index < -0.39 is 5.97 Å². The van der Waals surface area contributed by atoms with E-state index in [2.05, 4.69) is 0 Å². The summed E-state index contributed by atoms with van der Waals surface area (Å²) in [5.41, 5.74) is 1.66. The Morgan fingerprint density at radius 3 is 2.58 bits per heavy atom. The van der Waals surface area contributed by atoms with Gasteiger partial charge in [-0.15, -0.1) is 0 Å². The van der Waals surface area contributed by atoms with Crippen LogP contribution in [0.3, 0.4) is 0 Å². The Labute approximate surface area is 144 Å². The van der Waals surface area contributed by atoms with Crippen LogP contribution in [0.2, 0.25) is 0 Å². The number of allylic oxidation sites excluding steroid dienone is 1. The Morgan fingerprint density at radius 2 is 1.88 bits per heavy atom. The molecule has 0 spiro atoms. The van der Waals surface area contributed by atoms with E-state index in [0.29, 0.717) is 17.3 Å². The van der Waals surface area contributed by atoms with E-state index in [1.54, 1.807) is 19.1 Å². The lowest BCUT2D eigenvalue weighted by atomic mass is 10.1. The number of ether oxygens (including phenoxy) is 2. The molecule has 4 nitrogen and oxygen atoms in total. The van der Waals surface area contributed by atoms with Crippen molar-refractivity contribution in [3.05, 3.63) is 64.6 Å². The highest BCUT2D eigenvalue weighted by Crippen LogP contribution is 2.40. The highest BCUT2D eigenvalue weighted by Gasteiger charge is 2.24. The second-order valence-corrected chi connectivity index (χ2v) is 6.18. The number of esters is 1. The summed E-state index contributed by atoms with van der Waals surface area (Å²) < 4.78 is 10.2. The van der Waals surface area contributed by atoms with Crippen LogP contribution in [0.1, 0.15) is 22.8 Å². The van der Waals surface area contributed by atoms with Crippen molar-refractivity contribution in [2.24, 2.45) is 0 Å². The van der Waals surface area contributed by atoms with Gasteiger partial charge in [-0.3, -0.25) is 4.79 Å². The summed E-state index contributed by atoms with van der Waals surface area (Å²) in [6.45, 7) is 1.97. The number of hydrogen-bond acceptors (Lipinski definition) is 5. The second-order valence-electron chi connectivity index (χ2n) is 5.10. The lowest BCUT2D eigenvalue weighted by Crippen LogP contribution is -2.14. The summed E-state index contributed by atoms with van der Waals surface area (Å²) >= 11 is 1.48. The molecule has 122 valence electrons. The number of hydrogen-bond donors (Lipinski definition) is 0. The maximum Gasteiger partial charge on any atom is 0.344 e. The van der Waals surface area contributed by atoms with Gasteiger partial charge in [0.25, 0.3) is 0 Å². The molecule has 2 aromatic rings. The van der Waals surface area contributed by atoms with E-state index in [0.717, 1.165) is 16.0 Å². The van der Waals surface area contributed by atoms with Crippen molar-refractivity contribution in [2.75, 3.05) is 13.2 Å². The van der Waals surface area contributed by atoms with Crippen LogP contribution in [0.15, 0.2) is 58.3 Å². The number of Topliss-reactive ketones (excluding diaryl/α,β-unsaturated/α-hetero) is 1. The highest BCUT2D eigenvalue weighted by molar-refractivity contribution is 8.04.